The van der Waals surface area contributed by atoms with Gasteiger partial charge in [-0.15, -0.1) is 0 Å². The van der Waals surface area contributed by atoms with Crippen molar-refractivity contribution >= 4 is 29.4 Å². The zero-order valence-corrected chi connectivity index (χ0v) is 19.7. The summed E-state index contributed by atoms with van der Waals surface area (Å²) < 4.78 is 19.8. The van der Waals surface area contributed by atoms with Crippen molar-refractivity contribution in [2.24, 2.45) is 0 Å². The van der Waals surface area contributed by atoms with Gasteiger partial charge in [0.05, 0.1) is 13.2 Å². The van der Waals surface area contributed by atoms with Gasteiger partial charge in [-0.1, -0.05) is 42.0 Å². The van der Waals surface area contributed by atoms with Crippen LogP contribution < -0.4 is 4.90 Å². The number of anilines is 3. The maximum absolute atomic E-state index is 11.4. The van der Waals surface area contributed by atoms with Crippen molar-refractivity contribution in [1.29, 1.82) is 0 Å². The first kappa shape index (κ1) is 24.6. The number of nitrogens with zero attached hydrogens (tertiary/aromatic N) is 1. The molecule has 0 saturated heterocycles. The molecule has 0 atom stereocenters. The summed E-state index contributed by atoms with van der Waals surface area (Å²) in [5.41, 5.74) is 5.76. The minimum atomic E-state index is -0.681. The Morgan fingerprint density at radius 2 is 0.941 bits per heavy atom. The van der Waals surface area contributed by atoms with Gasteiger partial charge in [0.1, 0.15) is 13.2 Å². The molecule has 0 aliphatic carbocycles. The Hall–Kier alpha value is -4.00. The minimum Gasteiger partial charge on any atom is -0.435 e. The Morgan fingerprint density at radius 3 is 1.29 bits per heavy atom. The van der Waals surface area contributed by atoms with Crippen LogP contribution in [0.15, 0.2) is 72.8 Å². The van der Waals surface area contributed by atoms with Crippen molar-refractivity contribution in [2.45, 2.75) is 34.0 Å². The van der Waals surface area contributed by atoms with Crippen molar-refractivity contribution in [3.05, 3.63) is 89.5 Å². The van der Waals surface area contributed by atoms with Crippen molar-refractivity contribution in [1.82, 2.24) is 0 Å². The third kappa shape index (κ3) is 7.00. The largest absolute Gasteiger partial charge is 0.508 e. The summed E-state index contributed by atoms with van der Waals surface area (Å²) >= 11 is 0. The summed E-state index contributed by atoms with van der Waals surface area (Å²) in [5, 5.41) is 0. The van der Waals surface area contributed by atoms with Crippen molar-refractivity contribution < 1.29 is 28.5 Å². The molecule has 0 radical (unpaired) electrons. The molecule has 0 aliphatic heterocycles. The Labute approximate surface area is 199 Å². The van der Waals surface area contributed by atoms with E-state index in [4.69, 9.17) is 18.9 Å². The van der Waals surface area contributed by atoms with Crippen LogP contribution in [0.25, 0.3) is 0 Å². The lowest BCUT2D eigenvalue weighted by atomic mass is 10.1. The first-order valence-corrected chi connectivity index (χ1v) is 11.1. The second-order valence-corrected chi connectivity index (χ2v) is 7.45. The summed E-state index contributed by atoms with van der Waals surface area (Å²) in [4.78, 5) is 25.0. The zero-order chi connectivity index (χ0) is 24.3. The van der Waals surface area contributed by atoms with Crippen LogP contribution in [0.3, 0.4) is 0 Å². The summed E-state index contributed by atoms with van der Waals surface area (Å²) in [6.45, 7) is 6.34. The highest BCUT2D eigenvalue weighted by atomic mass is 16.7. The quantitative estimate of drug-likeness (QED) is 0.323. The molecule has 0 N–H and O–H groups in total. The lowest BCUT2D eigenvalue weighted by molar-refractivity contribution is 0.0527. The lowest BCUT2D eigenvalue weighted by Crippen LogP contribution is -2.11. The monoisotopic (exact) mass is 463 g/mol. The van der Waals surface area contributed by atoms with Crippen LogP contribution in [0.1, 0.15) is 30.5 Å². The van der Waals surface area contributed by atoms with Gasteiger partial charge in [-0.25, -0.2) is 9.59 Å². The highest BCUT2D eigenvalue weighted by molar-refractivity contribution is 5.76. The molecule has 7 heteroatoms. The number of carbonyl (C=O) groups is 2. The van der Waals surface area contributed by atoms with E-state index in [1.165, 1.54) is 5.56 Å². The Bertz CT molecular complexity index is 996. The first-order valence-electron chi connectivity index (χ1n) is 11.1. The molecule has 0 spiro atoms. The fraction of sp³-hybridized carbons (Fsp3) is 0.259. The zero-order valence-electron chi connectivity index (χ0n) is 19.7. The number of rotatable bonds is 9. The molecule has 0 unspecified atom stereocenters. The standard InChI is InChI=1S/C27H29NO6/c1-4-31-26(29)33-18-21-8-14-24(15-9-21)28(23-12-6-20(3)7-13-23)25-16-10-22(11-17-25)19-34-27(30)32-5-2/h6-17H,4-5,18-19H2,1-3H3. The molecule has 3 aromatic carbocycles. The predicted molar refractivity (Wildman–Crippen MR) is 129 cm³/mol. The molecule has 0 aliphatic rings. The van der Waals surface area contributed by atoms with E-state index in [-0.39, 0.29) is 26.4 Å². The smallest absolute Gasteiger partial charge is 0.435 e. The third-order valence-electron chi connectivity index (χ3n) is 4.92. The maximum Gasteiger partial charge on any atom is 0.508 e. The van der Waals surface area contributed by atoms with Crippen LogP contribution in [-0.4, -0.2) is 25.5 Å². The van der Waals surface area contributed by atoms with Gasteiger partial charge in [0, 0.05) is 17.1 Å². The number of ether oxygens (including phenoxy) is 4. The van der Waals surface area contributed by atoms with Crippen LogP contribution in [0.2, 0.25) is 0 Å². The Balaban J connectivity index is 1.80. The second kappa shape index (κ2) is 12.3. The van der Waals surface area contributed by atoms with E-state index in [0.29, 0.717) is 0 Å². The average molecular weight is 464 g/mol. The predicted octanol–water partition coefficient (Wildman–Crippen LogP) is 6.81. The number of carbonyl (C=O) groups excluding carboxylic acids is 2. The molecule has 3 rings (SSSR count). The molecular formula is C27H29NO6. The fourth-order valence-electron chi connectivity index (χ4n) is 3.23. The first-order chi connectivity index (χ1) is 16.5. The topological polar surface area (TPSA) is 74.3 Å². The van der Waals surface area contributed by atoms with Gasteiger partial charge in [-0.2, -0.15) is 0 Å². The number of aryl methyl sites for hydroxylation is 1. The average Bonchev–Trinajstić information content (AvgIpc) is 2.85. The van der Waals surface area contributed by atoms with Crippen molar-refractivity contribution in [3.63, 3.8) is 0 Å². The van der Waals surface area contributed by atoms with Crippen LogP contribution in [-0.2, 0) is 32.2 Å². The fourth-order valence-corrected chi connectivity index (χ4v) is 3.23. The Kier molecular flexibility index (Phi) is 8.91. The molecule has 178 valence electrons. The van der Waals surface area contributed by atoms with E-state index in [9.17, 15) is 9.59 Å². The van der Waals surface area contributed by atoms with Crippen molar-refractivity contribution in [2.75, 3.05) is 18.1 Å². The van der Waals surface area contributed by atoms with Crippen LogP contribution in [0, 0.1) is 6.92 Å². The normalized spacial score (nSPS) is 10.3. The molecule has 3 aromatic rings. The van der Waals surface area contributed by atoms with Gasteiger partial charge in [0.25, 0.3) is 0 Å². The molecule has 0 fully saturated rings. The summed E-state index contributed by atoms with van der Waals surface area (Å²) in [5.74, 6) is 0. The second-order valence-electron chi connectivity index (χ2n) is 7.45. The lowest BCUT2D eigenvalue weighted by Gasteiger charge is -2.26. The summed E-state index contributed by atoms with van der Waals surface area (Å²) in [7, 11) is 0. The van der Waals surface area contributed by atoms with Gasteiger partial charge < -0.3 is 23.8 Å². The summed E-state index contributed by atoms with van der Waals surface area (Å²) in [6, 6.07) is 23.8. The molecule has 0 saturated carbocycles. The highest BCUT2D eigenvalue weighted by Gasteiger charge is 2.13. The molecule has 34 heavy (non-hydrogen) atoms. The van der Waals surface area contributed by atoms with Crippen LogP contribution in [0.4, 0.5) is 26.7 Å². The van der Waals surface area contributed by atoms with E-state index < -0.39 is 12.3 Å². The van der Waals surface area contributed by atoms with E-state index in [1.54, 1.807) is 13.8 Å². The van der Waals surface area contributed by atoms with Crippen molar-refractivity contribution in [3.8, 4) is 0 Å². The molecule has 0 aromatic heterocycles. The third-order valence-corrected chi connectivity index (χ3v) is 4.92. The van der Waals surface area contributed by atoms with Crippen LogP contribution in [0.5, 0.6) is 0 Å². The number of benzene rings is 3. The van der Waals surface area contributed by atoms with Crippen LogP contribution >= 0.6 is 0 Å². The molecule has 7 nitrogen and oxygen atoms in total. The van der Waals surface area contributed by atoms with Gasteiger partial charge in [0.15, 0.2) is 0 Å². The molecule has 0 heterocycles. The van der Waals surface area contributed by atoms with E-state index in [0.717, 1.165) is 28.2 Å². The van der Waals surface area contributed by atoms with E-state index in [1.807, 2.05) is 55.5 Å². The van der Waals surface area contributed by atoms with Gasteiger partial charge in [-0.05, 0) is 68.3 Å². The molecular weight excluding hydrogens is 434 g/mol. The number of hydrogen-bond donors (Lipinski definition) is 0. The summed E-state index contributed by atoms with van der Waals surface area (Å²) in [6.07, 6.45) is -1.36. The van der Waals surface area contributed by atoms with E-state index in [2.05, 4.69) is 29.2 Å². The number of hydrogen-bond acceptors (Lipinski definition) is 7. The molecule has 0 amide bonds. The Morgan fingerprint density at radius 1 is 0.588 bits per heavy atom. The molecule has 0 bridgehead atoms. The van der Waals surface area contributed by atoms with Gasteiger partial charge in [0.2, 0.25) is 0 Å². The highest BCUT2D eigenvalue weighted by Crippen LogP contribution is 2.35. The minimum absolute atomic E-state index is 0.138. The van der Waals surface area contributed by atoms with E-state index >= 15 is 0 Å². The SMILES string of the molecule is CCOC(=O)OCc1ccc(N(c2ccc(C)cc2)c2ccc(COC(=O)OCC)cc2)cc1. The maximum atomic E-state index is 11.4. The van der Waals surface area contributed by atoms with Gasteiger partial charge >= 0.3 is 12.3 Å². The van der Waals surface area contributed by atoms with Gasteiger partial charge in [-0.3, -0.25) is 0 Å².